The van der Waals surface area contributed by atoms with E-state index in [0.717, 1.165) is 57.2 Å². The molecule has 3 fully saturated rings. The highest BCUT2D eigenvalue weighted by molar-refractivity contribution is 14.0. The first-order valence-electron chi connectivity index (χ1n) is 10.9. The van der Waals surface area contributed by atoms with Gasteiger partial charge in [0, 0.05) is 44.7 Å². The fraction of sp³-hybridized carbons (Fsp3) is 0.682. The van der Waals surface area contributed by atoms with Crippen molar-refractivity contribution in [1.82, 2.24) is 10.2 Å². The Bertz CT molecular complexity index is 734. The maximum absolute atomic E-state index is 14.7. The van der Waals surface area contributed by atoms with Crippen molar-refractivity contribution in [3.63, 3.8) is 0 Å². The van der Waals surface area contributed by atoms with Gasteiger partial charge in [0.15, 0.2) is 5.96 Å². The van der Waals surface area contributed by atoms with E-state index in [1.807, 2.05) is 17.0 Å². The third-order valence-electron chi connectivity index (χ3n) is 6.49. The topological polar surface area (TPSA) is 60.3 Å². The zero-order valence-electron chi connectivity index (χ0n) is 17.8. The molecule has 3 heterocycles. The van der Waals surface area contributed by atoms with Crippen LogP contribution in [0.25, 0.3) is 0 Å². The molecule has 0 aromatic heterocycles. The summed E-state index contributed by atoms with van der Waals surface area (Å²) in [6.07, 6.45) is 3.40. The average molecular weight is 532 g/mol. The van der Waals surface area contributed by atoms with Crippen molar-refractivity contribution in [3.05, 3.63) is 29.6 Å². The van der Waals surface area contributed by atoms with Crippen LogP contribution in [0.3, 0.4) is 0 Å². The van der Waals surface area contributed by atoms with Crippen molar-refractivity contribution in [2.45, 2.75) is 45.3 Å². The number of hydrogen-bond acceptors (Lipinski definition) is 4. The Morgan fingerprint density at radius 3 is 2.77 bits per heavy atom. The second-order valence-corrected chi connectivity index (χ2v) is 8.65. The molecular weight excluding hydrogens is 498 g/mol. The summed E-state index contributed by atoms with van der Waals surface area (Å²) in [5, 5.41) is 13.1. The smallest absolute Gasteiger partial charge is 0.194 e. The van der Waals surface area contributed by atoms with E-state index in [-0.39, 0.29) is 41.3 Å². The Balaban J connectivity index is 0.00000256. The van der Waals surface area contributed by atoms with E-state index in [1.165, 1.54) is 0 Å². The summed E-state index contributed by atoms with van der Waals surface area (Å²) >= 11 is 0. The minimum Gasteiger partial charge on any atom is -0.393 e. The monoisotopic (exact) mass is 532 g/mol. The first-order chi connectivity index (χ1) is 14.1. The number of nitrogens with zero attached hydrogens (tertiary/aromatic N) is 3. The number of guanidine groups is 1. The third-order valence-corrected chi connectivity index (χ3v) is 6.49. The number of ether oxygens (including phenoxy) is 1. The lowest BCUT2D eigenvalue weighted by Crippen LogP contribution is -2.41. The number of hydrogen-bond donors (Lipinski definition) is 2. The molecule has 8 heteroatoms. The first-order valence-corrected chi connectivity index (χ1v) is 10.9. The van der Waals surface area contributed by atoms with Crippen LogP contribution < -0.4 is 10.2 Å². The molecule has 2 N–H and O–H groups in total. The van der Waals surface area contributed by atoms with Gasteiger partial charge in [-0.25, -0.2) is 9.38 Å². The molecule has 1 aromatic carbocycles. The minimum atomic E-state index is -0.257. The molecule has 1 atom stereocenters. The highest BCUT2D eigenvalue weighted by atomic mass is 127. The molecule has 0 bridgehead atoms. The Kier molecular flexibility index (Phi) is 8.20. The lowest BCUT2D eigenvalue weighted by atomic mass is 9.87. The number of anilines is 1. The lowest BCUT2D eigenvalue weighted by Gasteiger charge is -2.31. The van der Waals surface area contributed by atoms with Crippen molar-refractivity contribution in [3.8, 4) is 0 Å². The molecule has 0 saturated carbocycles. The molecule has 3 aliphatic heterocycles. The zero-order valence-corrected chi connectivity index (χ0v) is 20.1. The fourth-order valence-corrected chi connectivity index (χ4v) is 4.69. The Labute approximate surface area is 195 Å². The summed E-state index contributed by atoms with van der Waals surface area (Å²) in [5.41, 5.74) is 1.78. The number of piperidine rings is 1. The Morgan fingerprint density at radius 2 is 2.10 bits per heavy atom. The number of aliphatic imine (C=N–C) groups is 1. The normalized spacial score (nSPS) is 25.1. The van der Waals surface area contributed by atoms with E-state index in [4.69, 9.17) is 9.73 Å². The molecule has 3 aliphatic rings. The molecule has 6 nitrogen and oxygen atoms in total. The molecule has 1 unspecified atom stereocenters. The van der Waals surface area contributed by atoms with Crippen molar-refractivity contribution < 1.29 is 14.2 Å². The van der Waals surface area contributed by atoms with Crippen molar-refractivity contribution in [2.75, 3.05) is 50.8 Å². The van der Waals surface area contributed by atoms with Gasteiger partial charge in [0.2, 0.25) is 0 Å². The van der Waals surface area contributed by atoms with Gasteiger partial charge in [0.1, 0.15) is 5.82 Å². The molecule has 0 aliphatic carbocycles. The van der Waals surface area contributed by atoms with E-state index in [2.05, 4.69) is 17.1 Å². The van der Waals surface area contributed by atoms with Crippen LogP contribution in [0, 0.1) is 11.2 Å². The number of aliphatic hydroxyl groups is 1. The van der Waals surface area contributed by atoms with Gasteiger partial charge in [-0.1, -0.05) is 6.07 Å². The summed E-state index contributed by atoms with van der Waals surface area (Å²) in [5.74, 6) is 0.702. The molecule has 168 valence electrons. The van der Waals surface area contributed by atoms with E-state index in [9.17, 15) is 9.50 Å². The van der Waals surface area contributed by atoms with Crippen molar-refractivity contribution >= 4 is 35.6 Å². The van der Waals surface area contributed by atoms with Crippen LogP contribution in [0.15, 0.2) is 23.2 Å². The van der Waals surface area contributed by atoms with Gasteiger partial charge < -0.3 is 25.0 Å². The van der Waals surface area contributed by atoms with Gasteiger partial charge in [-0.05, 0) is 50.3 Å². The van der Waals surface area contributed by atoms with Gasteiger partial charge in [0.25, 0.3) is 0 Å². The van der Waals surface area contributed by atoms with Crippen LogP contribution in [0.2, 0.25) is 0 Å². The number of halogens is 2. The van der Waals surface area contributed by atoms with Crippen LogP contribution in [0.5, 0.6) is 0 Å². The third kappa shape index (κ3) is 5.37. The quantitative estimate of drug-likeness (QED) is 0.355. The van der Waals surface area contributed by atoms with Crippen molar-refractivity contribution in [2.24, 2.45) is 10.4 Å². The fourth-order valence-electron chi connectivity index (χ4n) is 4.69. The van der Waals surface area contributed by atoms with Crippen LogP contribution in [-0.2, 0) is 11.3 Å². The maximum Gasteiger partial charge on any atom is 0.194 e. The van der Waals surface area contributed by atoms with Crippen LogP contribution in [0.4, 0.5) is 10.1 Å². The molecule has 1 spiro atoms. The number of nitrogens with one attached hydrogen (secondary N) is 1. The summed E-state index contributed by atoms with van der Waals surface area (Å²) in [4.78, 5) is 9.13. The first kappa shape index (κ1) is 23.5. The highest BCUT2D eigenvalue weighted by Gasteiger charge is 2.42. The lowest BCUT2D eigenvalue weighted by molar-refractivity contribution is 0.145. The summed E-state index contributed by atoms with van der Waals surface area (Å²) < 4.78 is 20.3. The van der Waals surface area contributed by atoms with E-state index >= 15 is 0 Å². The predicted molar refractivity (Wildman–Crippen MR) is 128 cm³/mol. The van der Waals surface area contributed by atoms with Gasteiger partial charge in [-0.15, -0.1) is 24.0 Å². The number of likely N-dealkylation sites (tertiary alicyclic amines) is 1. The van der Waals surface area contributed by atoms with Crippen LogP contribution in [0.1, 0.15) is 38.2 Å². The SMILES string of the molecule is CCNC(=NCc1ccc(N2CCC(O)CC2)c(F)c1)N1CCC2(CCOC2)C1.I. The van der Waals surface area contributed by atoms with Gasteiger partial charge in [-0.3, -0.25) is 0 Å². The highest BCUT2D eigenvalue weighted by Crippen LogP contribution is 2.38. The average Bonchev–Trinajstić information content (AvgIpc) is 3.36. The van der Waals surface area contributed by atoms with E-state index in [1.54, 1.807) is 6.07 Å². The zero-order chi connectivity index (χ0) is 20.3. The van der Waals surface area contributed by atoms with Gasteiger partial charge in [-0.2, -0.15) is 0 Å². The Hall–Kier alpha value is -1.13. The number of aliphatic hydroxyl groups excluding tert-OH is 1. The molecule has 0 radical (unpaired) electrons. The molecule has 4 rings (SSSR count). The van der Waals surface area contributed by atoms with Crippen LogP contribution in [-0.4, -0.2) is 68.0 Å². The Morgan fingerprint density at radius 1 is 1.30 bits per heavy atom. The predicted octanol–water partition coefficient (Wildman–Crippen LogP) is 2.98. The van der Waals surface area contributed by atoms with E-state index < -0.39 is 0 Å². The second-order valence-electron chi connectivity index (χ2n) is 8.65. The second kappa shape index (κ2) is 10.5. The summed E-state index contributed by atoms with van der Waals surface area (Å²) in [6.45, 7) is 8.42. The van der Waals surface area contributed by atoms with Gasteiger partial charge >= 0.3 is 0 Å². The van der Waals surface area contributed by atoms with Gasteiger partial charge in [0.05, 0.1) is 24.9 Å². The maximum atomic E-state index is 14.7. The molecular formula is C22H34FIN4O2. The molecule has 0 amide bonds. The molecule has 1 aromatic rings. The van der Waals surface area contributed by atoms with E-state index in [0.29, 0.717) is 38.2 Å². The summed E-state index contributed by atoms with van der Waals surface area (Å²) in [6, 6.07) is 5.42. The number of rotatable bonds is 4. The largest absolute Gasteiger partial charge is 0.393 e. The van der Waals surface area contributed by atoms with Crippen LogP contribution >= 0.6 is 24.0 Å². The number of benzene rings is 1. The van der Waals surface area contributed by atoms with Crippen molar-refractivity contribution in [1.29, 1.82) is 0 Å². The summed E-state index contributed by atoms with van der Waals surface area (Å²) in [7, 11) is 0. The molecule has 3 saturated heterocycles. The molecule has 30 heavy (non-hydrogen) atoms. The standard InChI is InChI=1S/C22H33FN4O2.HI/c1-2-24-21(27-11-7-22(15-27)8-12-29-16-22)25-14-17-3-4-20(19(23)13-17)26-9-5-18(28)6-10-26;/h3-4,13,18,28H,2,5-12,14-16H2,1H3,(H,24,25);1H. The minimum absolute atomic E-state index is 0.